The summed E-state index contributed by atoms with van der Waals surface area (Å²) in [6, 6.07) is 21.8. The van der Waals surface area contributed by atoms with Crippen molar-refractivity contribution in [3.05, 3.63) is 77.9 Å². The first-order valence-corrected chi connectivity index (χ1v) is 25.4. The number of allylic oxidation sites excluding steroid dienone is 1. The Morgan fingerprint density at radius 2 is 1.05 bits per heavy atom. The number of para-hydroxylation sites is 1. The summed E-state index contributed by atoms with van der Waals surface area (Å²) < 4.78 is 6.72. The zero-order chi connectivity index (χ0) is 36.6. The van der Waals surface area contributed by atoms with Gasteiger partial charge in [-0.2, -0.15) is 0 Å². The van der Waals surface area contributed by atoms with Crippen LogP contribution in [0, 0.1) is 177 Å². The number of carbonyl (C=O) groups excluding carboxylic acids is 1. The highest BCUT2D eigenvalue weighted by Gasteiger charge is 2.90. The summed E-state index contributed by atoms with van der Waals surface area (Å²) in [5.41, 5.74) is 4.26. The molecule has 58 heavy (non-hydrogen) atoms. The molecule has 0 bridgehead atoms. The summed E-state index contributed by atoms with van der Waals surface area (Å²) in [7, 11) is 0. The van der Waals surface area contributed by atoms with E-state index in [0.29, 0.717) is 18.4 Å². The van der Waals surface area contributed by atoms with Crippen molar-refractivity contribution in [1.82, 2.24) is 0 Å². The topological polar surface area (TPSA) is 29.5 Å². The summed E-state index contributed by atoms with van der Waals surface area (Å²) in [6.45, 7) is 1.47. The molecule has 0 radical (unpaired) electrons. The number of carbonyl (C=O) groups is 1. The summed E-state index contributed by atoms with van der Waals surface area (Å²) in [6.07, 6.45) is 14.1. The average molecular weight is 766 g/mol. The Morgan fingerprint density at radius 1 is 0.552 bits per heavy atom. The van der Waals surface area contributed by atoms with Crippen LogP contribution in [-0.4, -0.2) is 18.6 Å². The molecule has 2 aromatic rings. The second-order valence-electron chi connectivity index (χ2n) is 25.7. The van der Waals surface area contributed by atoms with Crippen molar-refractivity contribution in [2.45, 2.75) is 57.6 Å². The lowest BCUT2D eigenvalue weighted by Crippen LogP contribution is -2.63. The van der Waals surface area contributed by atoms with Gasteiger partial charge < -0.3 is 9.64 Å². The molecule has 0 aromatic heterocycles. The molecule has 16 fully saturated rings. The zero-order valence-corrected chi connectivity index (χ0v) is 33.8. The van der Waals surface area contributed by atoms with Crippen LogP contribution in [0.15, 0.2) is 72.3 Å². The molecule has 0 amide bonds. The van der Waals surface area contributed by atoms with Crippen molar-refractivity contribution in [3.63, 3.8) is 0 Å². The summed E-state index contributed by atoms with van der Waals surface area (Å²) in [5, 5.41) is 0. The number of hydrogen-bond acceptors (Lipinski definition) is 3. The van der Waals surface area contributed by atoms with Gasteiger partial charge in [0, 0.05) is 17.6 Å². The van der Waals surface area contributed by atoms with E-state index in [1.165, 1.54) is 18.5 Å². The van der Waals surface area contributed by atoms with Gasteiger partial charge in [0.25, 0.3) is 0 Å². The van der Waals surface area contributed by atoms with E-state index in [2.05, 4.69) is 71.6 Å². The first-order valence-electron chi connectivity index (χ1n) is 25.4. The minimum absolute atomic E-state index is 0.0759. The number of esters is 1. The molecule has 1 saturated heterocycles. The lowest BCUT2D eigenvalue weighted by atomic mass is 9.39. The average Bonchev–Trinajstić information content (AvgIpc) is 4.11. The Labute approximate surface area is 343 Å². The Bertz CT molecular complexity index is 2300. The normalized spacial score (nSPS) is 66.7. The van der Waals surface area contributed by atoms with Crippen LogP contribution in [0.2, 0.25) is 0 Å². The van der Waals surface area contributed by atoms with Gasteiger partial charge in [-0.15, -0.1) is 0 Å². The molecule has 3 heteroatoms. The molecule has 31 atom stereocenters. The molecule has 31 unspecified atom stereocenters. The van der Waals surface area contributed by atoms with Gasteiger partial charge in [-0.1, -0.05) is 60.2 Å². The Balaban J connectivity index is 0.883. The van der Waals surface area contributed by atoms with Gasteiger partial charge in [-0.05, 0) is 234 Å². The molecule has 16 aliphatic carbocycles. The fourth-order valence-electron chi connectivity index (χ4n) is 27.3. The SMILES string of the molecule is O=C(OCc1ccccc1)C1N(c2ccccc2)CC2C3CC4CC5CC6CC7CC8CC9CC%10=CC21C1C%10C2C9C9C8C7C7C6C6C5C4C4C3C1C1C2C9C7C6C41. The van der Waals surface area contributed by atoms with Gasteiger partial charge in [-0.25, -0.2) is 4.79 Å². The Hall–Kier alpha value is -2.55. The van der Waals surface area contributed by atoms with E-state index in [9.17, 15) is 0 Å². The maximum absolute atomic E-state index is 15.6. The number of benzene rings is 2. The van der Waals surface area contributed by atoms with Crippen LogP contribution in [0.1, 0.15) is 50.5 Å². The highest BCUT2D eigenvalue weighted by atomic mass is 16.5. The van der Waals surface area contributed by atoms with Gasteiger partial charge >= 0.3 is 5.97 Å². The van der Waals surface area contributed by atoms with Crippen LogP contribution in [0.4, 0.5) is 5.69 Å². The standard InChI is InChI=1S/C55H59NO2/c57-54(58-20-21-7-3-1-4-8-21)53-55-18-28-16-26-14-23-11-22-12-25-13-24-15-27-17-30(31(55)19-56(53)29-9-5-2-6-10-29)39-44-35(27)34(24)41-36(25)40-32(22)33(23)42-37(26)43-38(28)52(55)51(39)50-48(43)46(42)45(40)47(41)49(44)50/h1-10,18,22-27,30-53H,11-17,19-20H2. The number of nitrogens with zero attached hydrogens (tertiary/aromatic N) is 1. The summed E-state index contributed by atoms with van der Waals surface area (Å²) >= 11 is 0. The van der Waals surface area contributed by atoms with E-state index >= 15 is 4.79 Å². The van der Waals surface area contributed by atoms with Crippen LogP contribution in [0.5, 0.6) is 0 Å². The molecule has 19 rings (SSSR count). The van der Waals surface area contributed by atoms with Crippen molar-refractivity contribution in [2.24, 2.45) is 177 Å². The van der Waals surface area contributed by atoms with E-state index in [1.807, 2.05) is 5.57 Å². The van der Waals surface area contributed by atoms with Gasteiger partial charge in [-0.3, -0.25) is 0 Å². The fourth-order valence-corrected chi connectivity index (χ4v) is 27.3. The third-order valence-corrected chi connectivity index (χ3v) is 26.1. The number of rotatable bonds is 4. The summed E-state index contributed by atoms with van der Waals surface area (Å²) in [4.78, 5) is 18.3. The maximum Gasteiger partial charge on any atom is 0.330 e. The smallest absolute Gasteiger partial charge is 0.330 e. The first kappa shape index (κ1) is 30.5. The lowest BCUT2D eigenvalue weighted by Gasteiger charge is -2.64. The molecule has 2 aromatic carbocycles. The summed E-state index contributed by atoms with van der Waals surface area (Å²) in [5.74, 6) is 29.3. The van der Waals surface area contributed by atoms with E-state index in [-0.39, 0.29) is 17.4 Å². The van der Waals surface area contributed by atoms with Gasteiger partial charge in [0.2, 0.25) is 0 Å². The highest BCUT2D eigenvalue weighted by Crippen LogP contribution is 2.93. The second kappa shape index (κ2) is 9.28. The zero-order valence-electron chi connectivity index (χ0n) is 33.8. The van der Waals surface area contributed by atoms with Crippen LogP contribution in [0.3, 0.4) is 0 Å². The maximum atomic E-state index is 15.6. The molecule has 296 valence electrons. The third kappa shape index (κ3) is 2.79. The van der Waals surface area contributed by atoms with Gasteiger partial charge in [0.1, 0.15) is 12.6 Å². The molecular weight excluding hydrogens is 707 g/mol. The number of hydrogen-bond donors (Lipinski definition) is 0. The van der Waals surface area contributed by atoms with Gasteiger partial charge in [0.15, 0.2) is 0 Å². The highest BCUT2D eigenvalue weighted by molar-refractivity contribution is 5.84. The van der Waals surface area contributed by atoms with Crippen molar-refractivity contribution in [3.8, 4) is 0 Å². The van der Waals surface area contributed by atoms with Crippen LogP contribution < -0.4 is 4.90 Å². The minimum atomic E-state index is -0.196. The fraction of sp³-hybridized carbons (Fsp3) is 0.727. The van der Waals surface area contributed by atoms with Crippen LogP contribution >= 0.6 is 0 Å². The molecule has 0 N–H and O–H groups in total. The van der Waals surface area contributed by atoms with Crippen LogP contribution in [0.25, 0.3) is 0 Å². The molecule has 1 spiro atoms. The Morgan fingerprint density at radius 3 is 1.71 bits per heavy atom. The lowest BCUT2D eigenvalue weighted by molar-refractivity contribution is -0.172. The van der Waals surface area contributed by atoms with Crippen molar-refractivity contribution < 1.29 is 9.53 Å². The third-order valence-electron chi connectivity index (χ3n) is 26.1. The van der Waals surface area contributed by atoms with Gasteiger partial charge in [0.05, 0.1) is 0 Å². The Kier molecular flexibility index (Phi) is 4.88. The van der Waals surface area contributed by atoms with E-state index in [0.717, 1.165) is 172 Å². The van der Waals surface area contributed by atoms with E-state index in [1.54, 1.807) is 32.1 Å². The van der Waals surface area contributed by atoms with E-state index in [4.69, 9.17) is 4.74 Å². The quantitative estimate of drug-likeness (QED) is 0.230. The predicted octanol–water partition coefficient (Wildman–Crippen LogP) is 9.35. The molecule has 1 heterocycles. The van der Waals surface area contributed by atoms with Crippen LogP contribution in [-0.2, 0) is 16.1 Å². The molecule has 1 aliphatic heterocycles. The molecule has 15 saturated carbocycles. The largest absolute Gasteiger partial charge is 0.459 e. The van der Waals surface area contributed by atoms with Crippen molar-refractivity contribution >= 4 is 11.7 Å². The molecule has 3 nitrogen and oxygen atoms in total. The molecule has 17 aliphatic rings. The number of anilines is 1. The van der Waals surface area contributed by atoms with E-state index < -0.39 is 0 Å². The van der Waals surface area contributed by atoms with Crippen molar-refractivity contribution in [2.75, 3.05) is 11.4 Å². The number of ether oxygens (including phenoxy) is 1. The monoisotopic (exact) mass is 765 g/mol. The first-order chi connectivity index (χ1) is 28.7. The van der Waals surface area contributed by atoms with Crippen molar-refractivity contribution in [1.29, 1.82) is 0 Å². The number of fused-ring (bicyclic) bond motifs is 1. The second-order valence-corrected chi connectivity index (χ2v) is 25.7. The predicted molar refractivity (Wildman–Crippen MR) is 218 cm³/mol. The minimum Gasteiger partial charge on any atom is -0.459 e. The molecular formula is C55H59NO2.